The lowest BCUT2D eigenvalue weighted by Crippen LogP contribution is -2.37. The van der Waals surface area contributed by atoms with E-state index in [2.05, 4.69) is 14.7 Å². The average molecular weight is 361 g/mol. The van der Waals surface area contributed by atoms with Gasteiger partial charge in [0.25, 0.3) is 0 Å². The van der Waals surface area contributed by atoms with Gasteiger partial charge in [-0.1, -0.05) is 6.07 Å². The molecule has 0 unspecified atom stereocenters. The van der Waals surface area contributed by atoms with Crippen LogP contribution in [0.1, 0.15) is 24.8 Å². The Kier molecular flexibility index (Phi) is 6.22. The van der Waals surface area contributed by atoms with Gasteiger partial charge in [-0.15, -0.1) is 0 Å². The van der Waals surface area contributed by atoms with Crippen LogP contribution in [0.3, 0.4) is 0 Å². The molecule has 0 N–H and O–H groups in total. The molecule has 2 aromatic rings. The molecule has 3 rings (SSSR count). The first-order valence-corrected chi connectivity index (χ1v) is 8.85. The molecule has 26 heavy (non-hydrogen) atoms. The van der Waals surface area contributed by atoms with Crippen molar-refractivity contribution in [3.63, 3.8) is 0 Å². The Hall–Kier alpha value is -2.41. The summed E-state index contributed by atoms with van der Waals surface area (Å²) in [5.41, 5.74) is 1.12. The molecule has 2 heterocycles. The highest BCUT2D eigenvalue weighted by atomic mass is 19.1. The van der Waals surface area contributed by atoms with Gasteiger partial charge >= 0.3 is 5.97 Å². The number of esters is 1. The van der Waals surface area contributed by atoms with E-state index in [4.69, 9.17) is 4.74 Å². The topological polar surface area (TPSA) is 56.6 Å². The van der Waals surface area contributed by atoms with Crippen LogP contribution in [0.2, 0.25) is 0 Å². The lowest BCUT2D eigenvalue weighted by Gasteiger charge is -2.31. The van der Waals surface area contributed by atoms with Crippen LogP contribution in [0.4, 0.5) is 4.39 Å². The second-order valence-electron chi connectivity index (χ2n) is 6.49. The first-order valence-electron chi connectivity index (χ1n) is 8.85. The van der Waals surface area contributed by atoms with Gasteiger partial charge in [-0.2, -0.15) is 5.10 Å². The number of halogens is 1. The van der Waals surface area contributed by atoms with Crippen LogP contribution in [-0.2, 0) is 22.6 Å². The van der Waals surface area contributed by atoms with Gasteiger partial charge in [0.05, 0.1) is 26.3 Å². The second-order valence-corrected chi connectivity index (χ2v) is 6.49. The fourth-order valence-corrected chi connectivity index (χ4v) is 3.09. The second kappa shape index (κ2) is 8.80. The Morgan fingerprint density at radius 2 is 2.15 bits per heavy atom. The third-order valence-corrected chi connectivity index (χ3v) is 4.50. The number of carbonyl (C=O) groups excluding carboxylic acids is 1. The number of ether oxygens (including phenoxy) is 2. The van der Waals surface area contributed by atoms with Crippen LogP contribution in [0.25, 0.3) is 0 Å². The molecule has 0 atom stereocenters. The van der Waals surface area contributed by atoms with Crippen molar-refractivity contribution in [2.75, 3.05) is 20.2 Å². The molecule has 1 aliphatic heterocycles. The van der Waals surface area contributed by atoms with E-state index in [0.717, 1.165) is 38.0 Å². The molecule has 0 radical (unpaired) electrons. The van der Waals surface area contributed by atoms with Gasteiger partial charge in [0, 0.05) is 37.5 Å². The molecule has 140 valence electrons. The van der Waals surface area contributed by atoms with Crippen LogP contribution in [-0.4, -0.2) is 47.0 Å². The van der Waals surface area contributed by atoms with E-state index in [9.17, 15) is 9.18 Å². The third-order valence-electron chi connectivity index (χ3n) is 4.50. The molecule has 1 aromatic carbocycles. The maximum absolute atomic E-state index is 13.2. The molecule has 0 spiro atoms. The van der Waals surface area contributed by atoms with Crippen LogP contribution < -0.4 is 4.74 Å². The van der Waals surface area contributed by atoms with Gasteiger partial charge in [0.1, 0.15) is 17.7 Å². The number of carbonyl (C=O) groups is 1. The molecule has 0 aliphatic carbocycles. The number of hydrogen-bond donors (Lipinski definition) is 0. The number of piperidine rings is 1. The normalized spacial score (nSPS) is 15.8. The standard InChI is InChI=1S/C19H24FN3O3/c1-25-19(24)7-10-23-14-15(12-21-23)13-22-8-5-17(6-9-22)26-18-4-2-3-16(20)11-18/h2-4,11-12,14,17H,5-10,13H2,1H3. The quantitative estimate of drug-likeness (QED) is 0.710. The molecule has 1 aromatic heterocycles. The highest BCUT2D eigenvalue weighted by molar-refractivity contribution is 5.68. The summed E-state index contributed by atoms with van der Waals surface area (Å²) in [4.78, 5) is 13.5. The summed E-state index contributed by atoms with van der Waals surface area (Å²) in [6.45, 7) is 3.20. The minimum Gasteiger partial charge on any atom is -0.490 e. The van der Waals surface area contributed by atoms with Crippen molar-refractivity contribution in [1.82, 2.24) is 14.7 Å². The summed E-state index contributed by atoms with van der Waals surface area (Å²) >= 11 is 0. The fraction of sp³-hybridized carbons (Fsp3) is 0.474. The Bertz CT molecular complexity index is 726. The van der Waals surface area contributed by atoms with Crippen LogP contribution >= 0.6 is 0 Å². The Morgan fingerprint density at radius 1 is 1.35 bits per heavy atom. The molecule has 7 heteroatoms. The number of rotatable bonds is 7. The minimum absolute atomic E-state index is 0.121. The number of methoxy groups -OCH3 is 1. The van der Waals surface area contributed by atoms with E-state index in [-0.39, 0.29) is 17.9 Å². The Labute approximate surface area is 152 Å². The van der Waals surface area contributed by atoms with Gasteiger partial charge in [-0.25, -0.2) is 4.39 Å². The van der Waals surface area contributed by atoms with Gasteiger partial charge < -0.3 is 9.47 Å². The van der Waals surface area contributed by atoms with Crippen molar-refractivity contribution < 1.29 is 18.7 Å². The average Bonchev–Trinajstić information content (AvgIpc) is 3.09. The zero-order valence-corrected chi connectivity index (χ0v) is 14.9. The lowest BCUT2D eigenvalue weighted by molar-refractivity contribution is -0.140. The summed E-state index contributed by atoms with van der Waals surface area (Å²) in [5, 5.41) is 4.29. The van der Waals surface area contributed by atoms with Gasteiger partial charge in [0.15, 0.2) is 0 Å². The van der Waals surface area contributed by atoms with Crippen LogP contribution in [0.5, 0.6) is 5.75 Å². The van der Waals surface area contributed by atoms with E-state index in [1.165, 1.54) is 19.2 Å². The van der Waals surface area contributed by atoms with E-state index < -0.39 is 0 Å². The predicted molar refractivity (Wildman–Crippen MR) is 94.2 cm³/mol. The monoisotopic (exact) mass is 361 g/mol. The van der Waals surface area contributed by atoms with E-state index in [0.29, 0.717) is 18.7 Å². The molecule has 0 bridgehead atoms. The highest BCUT2D eigenvalue weighted by Crippen LogP contribution is 2.20. The van der Waals surface area contributed by atoms with Crippen molar-refractivity contribution >= 4 is 5.97 Å². The lowest BCUT2D eigenvalue weighted by atomic mass is 10.1. The molecular formula is C19H24FN3O3. The minimum atomic E-state index is -0.274. The number of hydrogen-bond acceptors (Lipinski definition) is 5. The first-order chi connectivity index (χ1) is 12.6. The number of aromatic nitrogens is 2. The maximum Gasteiger partial charge on any atom is 0.307 e. The molecule has 1 fully saturated rings. The molecule has 0 saturated carbocycles. The molecular weight excluding hydrogens is 337 g/mol. The summed E-state index contributed by atoms with van der Waals surface area (Å²) in [6, 6.07) is 6.30. The summed E-state index contributed by atoms with van der Waals surface area (Å²) in [6.07, 6.45) is 6.07. The molecule has 6 nitrogen and oxygen atoms in total. The molecule has 1 aliphatic rings. The van der Waals surface area contributed by atoms with Crippen LogP contribution in [0.15, 0.2) is 36.7 Å². The zero-order chi connectivity index (χ0) is 18.4. The zero-order valence-electron chi connectivity index (χ0n) is 14.9. The van der Waals surface area contributed by atoms with Crippen molar-refractivity contribution in [3.8, 4) is 5.75 Å². The Balaban J connectivity index is 1.42. The van der Waals surface area contributed by atoms with Gasteiger partial charge in [0.2, 0.25) is 0 Å². The summed E-state index contributed by atoms with van der Waals surface area (Å²) in [7, 11) is 1.39. The van der Waals surface area contributed by atoms with Gasteiger partial charge in [-0.3, -0.25) is 14.4 Å². The van der Waals surface area contributed by atoms with E-state index in [1.807, 2.05) is 12.4 Å². The summed E-state index contributed by atoms with van der Waals surface area (Å²) < 4.78 is 25.5. The smallest absolute Gasteiger partial charge is 0.307 e. The fourth-order valence-electron chi connectivity index (χ4n) is 3.09. The number of benzene rings is 1. The van der Waals surface area contributed by atoms with Crippen molar-refractivity contribution in [3.05, 3.63) is 48.0 Å². The van der Waals surface area contributed by atoms with Gasteiger partial charge in [-0.05, 0) is 25.0 Å². The predicted octanol–water partition coefficient (Wildman–Crippen LogP) is 2.63. The summed E-state index contributed by atoms with van der Waals surface area (Å²) in [5.74, 6) is 0.0851. The largest absolute Gasteiger partial charge is 0.490 e. The van der Waals surface area contributed by atoms with Crippen molar-refractivity contribution in [1.29, 1.82) is 0 Å². The maximum atomic E-state index is 13.2. The van der Waals surface area contributed by atoms with E-state index in [1.54, 1.807) is 16.8 Å². The van der Waals surface area contributed by atoms with Crippen molar-refractivity contribution in [2.45, 2.75) is 38.5 Å². The SMILES string of the molecule is COC(=O)CCn1cc(CN2CCC(Oc3cccc(F)c3)CC2)cn1. The van der Waals surface area contributed by atoms with Crippen LogP contribution in [0, 0.1) is 5.82 Å². The number of likely N-dealkylation sites (tertiary alicyclic amines) is 1. The first kappa shape index (κ1) is 18.4. The number of nitrogens with zero attached hydrogens (tertiary/aromatic N) is 3. The third kappa shape index (κ3) is 5.29. The highest BCUT2D eigenvalue weighted by Gasteiger charge is 2.21. The van der Waals surface area contributed by atoms with E-state index >= 15 is 0 Å². The van der Waals surface area contributed by atoms with Crippen molar-refractivity contribution in [2.24, 2.45) is 0 Å². The molecule has 0 amide bonds. The molecule has 1 saturated heterocycles. The number of aryl methyl sites for hydroxylation is 1. The Morgan fingerprint density at radius 3 is 2.88 bits per heavy atom.